The van der Waals surface area contributed by atoms with Gasteiger partial charge in [-0.2, -0.15) is 5.10 Å². The second-order valence-corrected chi connectivity index (χ2v) is 3.42. The first kappa shape index (κ1) is 7.80. The van der Waals surface area contributed by atoms with E-state index < -0.39 is 0 Å². The fourth-order valence-corrected chi connectivity index (χ4v) is 1.89. The van der Waals surface area contributed by atoms with Gasteiger partial charge in [0.15, 0.2) is 0 Å². The minimum atomic E-state index is 0.672. The summed E-state index contributed by atoms with van der Waals surface area (Å²) in [5, 5.41) is 7.59. The van der Waals surface area contributed by atoms with E-state index in [2.05, 4.69) is 16.5 Å². The van der Waals surface area contributed by atoms with E-state index in [4.69, 9.17) is 0 Å². The summed E-state index contributed by atoms with van der Waals surface area (Å²) >= 11 is 0. The van der Waals surface area contributed by atoms with Crippen LogP contribution in [-0.2, 0) is 7.05 Å². The van der Waals surface area contributed by atoms with Crippen LogP contribution in [0, 0.1) is 0 Å². The quantitative estimate of drug-likeness (QED) is 0.669. The maximum Gasteiger partial charge on any atom is 0.0492 e. The smallest absolute Gasteiger partial charge is 0.0492 e. The molecule has 1 atom stereocenters. The molecule has 1 N–H and O–H groups in total. The summed E-state index contributed by atoms with van der Waals surface area (Å²) < 4.78 is 1.98. The molecule has 1 aromatic rings. The number of hydrogen-bond acceptors (Lipinski definition) is 2. The van der Waals surface area contributed by atoms with Crippen LogP contribution in [0.15, 0.2) is 12.3 Å². The molecule has 1 fully saturated rings. The van der Waals surface area contributed by atoms with E-state index in [1.807, 2.05) is 17.9 Å². The second kappa shape index (κ2) is 3.27. The van der Waals surface area contributed by atoms with Gasteiger partial charge in [-0.05, 0) is 25.5 Å². The molecule has 3 nitrogen and oxygen atoms in total. The summed E-state index contributed by atoms with van der Waals surface area (Å²) in [5.41, 5.74) is 1.36. The van der Waals surface area contributed by atoms with Gasteiger partial charge in [-0.3, -0.25) is 4.68 Å². The first-order chi connectivity index (χ1) is 5.88. The Labute approximate surface area is 72.8 Å². The van der Waals surface area contributed by atoms with Gasteiger partial charge in [0.25, 0.3) is 0 Å². The number of aromatic nitrogens is 2. The summed E-state index contributed by atoms with van der Waals surface area (Å²) in [6, 6.07) is 2.12. The lowest BCUT2D eigenvalue weighted by Gasteiger charge is -2.22. The van der Waals surface area contributed by atoms with Gasteiger partial charge in [-0.15, -0.1) is 0 Å². The highest BCUT2D eigenvalue weighted by Gasteiger charge is 2.17. The molecule has 0 bridgehead atoms. The summed E-state index contributed by atoms with van der Waals surface area (Å²) in [7, 11) is 2.02. The van der Waals surface area contributed by atoms with Crippen LogP contribution in [0.4, 0.5) is 0 Å². The van der Waals surface area contributed by atoms with Gasteiger partial charge in [0, 0.05) is 31.4 Å². The largest absolute Gasteiger partial charge is 0.316 e. The van der Waals surface area contributed by atoms with E-state index in [1.54, 1.807) is 0 Å². The molecule has 2 heterocycles. The highest BCUT2D eigenvalue weighted by Crippen LogP contribution is 2.21. The lowest BCUT2D eigenvalue weighted by Crippen LogP contribution is -2.29. The monoisotopic (exact) mass is 165 g/mol. The van der Waals surface area contributed by atoms with Gasteiger partial charge in [-0.1, -0.05) is 0 Å². The van der Waals surface area contributed by atoms with Crippen LogP contribution < -0.4 is 5.32 Å². The third-order valence-electron chi connectivity index (χ3n) is 2.57. The molecule has 66 valence electrons. The Morgan fingerprint density at radius 1 is 1.67 bits per heavy atom. The van der Waals surface area contributed by atoms with Crippen molar-refractivity contribution in [2.75, 3.05) is 13.1 Å². The zero-order valence-corrected chi connectivity index (χ0v) is 7.45. The third-order valence-corrected chi connectivity index (χ3v) is 2.57. The number of nitrogens with one attached hydrogen (secondary N) is 1. The Kier molecular flexibility index (Phi) is 2.13. The molecule has 0 aromatic carbocycles. The average molecular weight is 165 g/mol. The molecule has 1 aromatic heterocycles. The van der Waals surface area contributed by atoms with Crippen LogP contribution >= 0.6 is 0 Å². The minimum Gasteiger partial charge on any atom is -0.316 e. The van der Waals surface area contributed by atoms with Crippen LogP contribution in [-0.4, -0.2) is 22.9 Å². The third kappa shape index (κ3) is 1.37. The van der Waals surface area contributed by atoms with Gasteiger partial charge in [0.2, 0.25) is 0 Å². The Hall–Kier alpha value is -0.830. The van der Waals surface area contributed by atoms with Gasteiger partial charge in [-0.25, -0.2) is 0 Å². The molecule has 0 radical (unpaired) electrons. The van der Waals surface area contributed by atoms with Crippen LogP contribution in [0.3, 0.4) is 0 Å². The van der Waals surface area contributed by atoms with Crippen molar-refractivity contribution in [3.05, 3.63) is 18.0 Å². The van der Waals surface area contributed by atoms with E-state index in [0.717, 1.165) is 6.54 Å². The summed E-state index contributed by atoms with van der Waals surface area (Å²) in [4.78, 5) is 0. The predicted molar refractivity (Wildman–Crippen MR) is 48.1 cm³/mol. The first-order valence-corrected chi connectivity index (χ1v) is 4.56. The van der Waals surface area contributed by atoms with Crippen molar-refractivity contribution >= 4 is 0 Å². The molecule has 3 heteroatoms. The molecule has 0 amide bonds. The molecule has 2 rings (SSSR count). The van der Waals surface area contributed by atoms with Crippen molar-refractivity contribution in [3.8, 4) is 0 Å². The molecule has 0 aliphatic carbocycles. The van der Waals surface area contributed by atoms with Gasteiger partial charge >= 0.3 is 0 Å². The minimum absolute atomic E-state index is 0.672. The Morgan fingerprint density at radius 3 is 3.17 bits per heavy atom. The number of rotatable bonds is 1. The molecule has 0 saturated carbocycles. The van der Waals surface area contributed by atoms with Crippen molar-refractivity contribution in [1.82, 2.24) is 15.1 Å². The fourth-order valence-electron chi connectivity index (χ4n) is 1.89. The van der Waals surface area contributed by atoms with E-state index >= 15 is 0 Å². The molecular weight excluding hydrogens is 150 g/mol. The highest BCUT2D eigenvalue weighted by molar-refractivity contribution is 5.08. The summed E-state index contributed by atoms with van der Waals surface area (Å²) in [6.07, 6.45) is 4.46. The Balaban J connectivity index is 2.13. The zero-order chi connectivity index (χ0) is 8.39. The summed E-state index contributed by atoms with van der Waals surface area (Å²) in [6.45, 7) is 2.29. The lowest BCUT2D eigenvalue weighted by molar-refractivity contribution is 0.441. The molecule has 1 unspecified atom stereocenters. The van der Waals surface area contributed by atoms with Crippen molar-refractivity contribution in [2.24, 2.45) is 7.05 Å². The molecule has 1 saturated heterocycles. The summed E-state index contributed by atoms with van der Waals surface area (Å²) in [5.74, 6) is 0.672. The number of hydrogen-bond donors (Lipinski definition) is 1. The van der Waals surface area contributed by atoms with Gasteiger partial charge < -0.3 is 5.32 Å². The molecule has 1 aliphatic heterocycles. The van der Waals surface area contributed by atoms with E-state index in [-0.39, 0.29) is 0 Å². The predicted octanol–water partition coefficient (Wildman–Crippen LogP) is 0.887. The second-order valence-electron chi connectivity index (χ2n) is 3.42. The first-order valence-electron chi connectivity index (χ1n) is 4.56. The van der Waals surface area contributed by atoms with Crippen LogP contribution in [0.1, 0.15) is 24.5 Å². The number of aryl methyl sites for hydroxylation is 1. The van der Waals surface area contributed by atoms with Crippen molar-refractivity contribution in [2.45, 2.75) is 18.8 Å². The lowest BCUT2D eigenvalue weighted by atomic mass is 9.96. The topological polar surface area (TPSA) is 29.9 Å². The van der Waals surface area contributed by atoms with Gasteiger partial charge in [0.05, 0.1) is 0 Å². The van der Waals surface area contributed by atoms with E-state index in [0.29, 0.717) is 5.92 Å². The molecule has 0 spiro atoms. The van der Waals surface area contributed by atoms with Crippen LogP contribution in [0.25, 0.3) is 0 Å². The number of nitrogens with zero attached hydrogens (tertiary/aromatic N) is 2. The maximum atomic E-state index is 4.18. The van der Waals surface area contributed by atoms with E-state index in [1.165, 1.54) is 25.1 Å². The molecule has 1 aliphatic rings. The van der Waals surface area contributed by atoms with E-state index in [9.17, 15) is 0 Å². The highest BCUT2D eigenvalue weighted by atomic mass is 15.3. The standard InChI is InChI=1S/C9H15N3/c1-12-9(4-6-11-12)8-3-2-5-10-7-8/h4,6,8,10H,2-3,5,7H2,1H3. The molecular formula is C9H15N3. The van der Waals surface area contributed by atoms with Crippen LogP contribution in [0.5, 0.6) is 0 Å². The van der Waals surface area contributed by atoms with Gasteiger partial charge in [0.1, 0.15) is 0 Å². The van der Waals surface area contributed by atoms with Crippen molar-refractivity contribution < 1.29 is 0 Å². The zero-order valence-electron chi connectivity index (χ0n) is 7.45. The maximum absolute atomic E-state index is 4.18. The Morgan fingerprint density at radius 2 is 2.58 bits per heavy atom. The van der Waals surface area contributed by atoms with Crippen LogP contribution in [0.2, 0.25) is 0 Å². The van der Waals surface area contributed by atoms with Crippen molar-refractivity contribution in [3.63, 3.8) is 0 Å². The SMILES string of the molecule is Cn1nccc1C1CCCNC1. The molecule has 12 heavy (non-hydrogen) atoms. The fraction of sp³-hybridized carbons (Fsp3) is 0.667. The normalized spacial score (nSPS) is 24.2. The van der Waals surface area contributed by atoms with Crippen molar-refractivity contribution in [1.29, 1.82) is 0 Å². The Bertz CT molecular complexity index is 248. The number of piperidine rings is 1. The average Bonchev–Trinajstić information content (AvgIpc) is 2.53.